The molecule has 0 bridgehead atoms. The predicted molar refractivity (Wildman–Crippen MR) is 71.8 cm³/mol. The molecular formula is C14H18FN3O. The van der Waals surface area contributed by atoms with Crippen LogP contribution in [0.3, 0.4) is 0 Å². The Morgan fingerprint density at radius 1 is 1.37 bits per heavy atom. The fourth-order valence-corrected chi connectivity index (χ4v) is 1.92. The zero-order chi connectivity index (χ0) is 13.7. The van der Waals surface area contributed by atoms with E-state index in [1.165, 1.54) is 24.3 Å². The van der Waals surface area contributed by atoms with Crippen molar-refractivity contribution >= 4 is 5.91 Å². The summed E-state index contributed by atoms with van der Waals surface area (Å²) >= 11 is 0. The Labute approximate surface area is 112 Å². The molecule has 0 saturated carbocycles. The normalized spacial score (nSPS) is 15.8. The largest absolute Gasteiger partial charge is 0.303 e. The van der Waals surface area contributed by atoms with Crippen LogP contribution in [-0.2, 0) is 0 Å². The Balaban J connectivity index is 1.84. The molecule has 0 saturated heterocycles. The van der Waals surface area contributed by atoms with Crippen LogP contribution in [0.4, 0.5) is 4.39 Å². The first-order valence-electron chi connectivity index (χ1n) is 6.42. The van der Waals surface area contributed by atoms with Gasteiger partial charge in [0.25, 0.3) is 5.91 Å². The smallest absolute Gasteiger partial charge is 0.269 e. The predicted octanol–water partition coefficient (Wildman–Crippen LogP) is 1.67. The SMILES string of the molecule is CCN1CC=C(NNC(=O)c2ccc(F)cc2)CC1. The lowest BCUT2D eigenvalue weighted by Crippen LogP contribution is -2.40. The van der Waals surface area contributed by atoms with Gasteiger partial charge in [-0.05, 0) is 36.9 Å². The van der Waals surface area contributed by atoms with E-state index >= 15 is 0 Å². The molecule has 0 spiro atoms. The minimum Gasteiger partial charge on any atom is -0.303 e. The first-order valence-corrected chi connectivity index (χ1v) is 6.42. The maximum Gasteiger partial charge on any atom is 0.269 e. The summed E-state index contributed by atoms with van der Waals surface area (Å²) in [6.45, 7) is 5.04. The van der Waals surface area contributed by atoms with Crippen molar-refractivity contribution in [2.45, 2.75) is 13.3 Å². The summed E-state index contributed by atoms with van der Waals surface area (Å²) in [6, 6.07) is 5.46. The van der Waals surface area contributed by atoms with Crippen LogP contribution in [0.1, 0.15) is 23.7 Å². The second-order valence-electron chi connectivity index (χ2n) is 4.46. The van der Waals surface area contributed by atoms with Gasteiger partial charge >= 0.3 is 0 Å². The van der Waals surface area contributed by atoms with E-state index in [9.17, 15) is 9.18 Å². The molecule has 1 amide bonds. The van der Waals surface area contributed by atoms with Gasteiger partial charge in [0, 0.05) is 30.8 Å². The van der Waals surface area contributed by atoms with Crippen molar-refractivity contribution in [3.8, 4) is 0 Å². The van der Waals surface area contributed by atoms with Gasteiger partial charge in [0.2, 0.25) is 0 Å². The number of likely N-dealkylation sites (N-methyl/N-ethyl adjacent to an activating group) is 1. The number of hydrogen-bond donors (Lipinski definition) is 2. The lowest BCUT2D eigenvalue weighted by atomic mass is 10.2. The molecule has 5 heteroatoms. The molecule has 2 N–H and O–H groups in total. The molecule has 0 unspecified atom stereocenters. The van der Waals surface area contributed by atoms with Crippen LogP contribution in [0.5, 0.6) is 0 Å². The van der Waals surface area contributed by atoms with Gasteiger partial charge in [0.15, 0.2) is 0 Å². The maximum atomic E-state index is 12.7. The van der Waals surface area contributed by atoms with E-state index in [-0.39, 0.29) is 11.7 Å². The number of nitrogens with zero attached hydrogens (tertiary/aromatic N) is 1. The highest BCUT2D eigenvalue weighted by atomic mass is 19.1. The Hall–Kier alpha value is -1.88. The first kappa shape index (κ1) is 13.5. The number of nitrogens with one attached hydrogen (secondary N) is 2. The third-order valence-corrected chi connectivity index (χ3v) is 3.18. The Morgan fingerprint density at radius 2 is 2.11 bits per heavy atom. The molecule has 0 fully saturated rings. The van der Waals surface area contributed by atoms with E-state index in [2.05, 4.69) is 28.8 Å². The number of hydrazine groups is 1. The summed E-state index contributed by atoms with van der Waals surface area (Å²) in [4.78, 5) is 14.1. The Kier molecular flexibility index (Phi) is 4.52. The Morgan fingerprint density at radius 3 is 2.68 bits per heavy atom. The standard InChI is InChI=1S/C14H18FN3O/c1-2-18-9-7-13(8-10-18)16-17-14(19)11-3-5-12(15)6-4-11/h3-7,16H,2,8-10H2,1H3,(H,17,19). The number of carbonyl (C=O) groups is 1. The van der Waals surface area contributed by atoms with E-state index in [1.54, 1.807) is 0 Å². The van der Waals surface area contributed by atoms with Gasteiger partial charge in [0.1, 0.15) is 5.82 Å². The topological polar surface area (TPSA) is 44.4 Å². The van der Waals surface area contributed by atoms with Crippen molar-refractivity contribution in [1.29, 1.82) is 0 Å². The van der Waals surface area contributed by atoms with Crippen molar-refractivity contribution in [2.24, 2.45) is 0 Å². The van der Waals surface area contributed by atoms with Crippen LogP contribution in [0.15, 0.2) is 36.0 Å². The summed E-state index contributed by atoms with van der Waals surface area (Å²) < 4.78 is 12.7. The van der Waals surface area contributed by atoms with E-state index < -0.39 is 0 Å². The first-order chi connectivity index (χ1) is 9.19. The fourth-order valence-electron chi connectivity index (χ4n) is 1.92. The average Bonchev–Trinajstić information content (AvgIpc) is 2.46. The maximum absolute atomic E-state index is 12.7. The number of amides is 1. The van der Waals surface area contributed by atoms with Crippen LogP contribution in [-0.4, -0.2) is 30.4 Å². The number of halogens is 1. The summed E-state index contributed by atoms with van der Waals surface area (Å²) in [5.41, 5.74) is 6.99. The molecule has 0 radical (unpaired) electrons. The summed E-state index contributed by atoms with van der Waals surface area (Å²) in [6.07, 6.45) is 2.95. The van der Waals surface area contributed by atoms with Crippen LogP contribution in [0.25, 0.3) is 0 Å². The molecule has 0 aromatic heterocycles. The van der Waals surface area contributed by atoms with Crippen LogP contribution in [0.2, 0.25) is 0 Å². The number of carbonyl (C=O) groups excluding carboxylic acids is 1. The molecule has 1 aliphatic rings. The Bertz CT molecular complexity index is 470. The monoisotopic (exact) mass is 263 g/mol. The molecular weight excluding hydrogens is 245 g/mol. The average molecular weight is 263 g/mol. The van der Waals surface area contributed by atoms with Gasteiger partial charge < -0.3 is 5.43 Å². The molecule has 1 heterocycles. The van der Waals surface area contributed by atoms with Crippen molar-refractivity contribution in [2.75, 3.05) is 19.6 Å². The summed E-state index contributed by atoms with van der Waals surface area (Å²) in [5.74, 6) is -0.613. The second kappa shape index (κ2) is 6.33. The van der Waals surface area contributed by atoms with Crippen LogP contribution in [0, 0.1) is 5.82 Å². The number of benzene rings is 1. The molecule has 1 aliphatic heterocycles. The van der Waals surface area contributed by atoms with Gasteiger partial charge in [-0.1, -0.05) is 6.92 Å². The van der Waals surface area contributed by atoms with Crippen molar-refractivity contribution in [1.82, 2.24) is 15.8 Å². The summed E-state index contributed by atoms with van der Waals surface area (Å²) in [5, 5.41) is 0. The molecule has 0 aliphatic carbocycles. The third-order valence-electron chi connectivity index (χ3n) is 3.18. The highest BCUT2D eigenvalue weighted by molar-refractivity contribution is 5.93. The van der Waals surface area contributed by atoms with Crippen molar-refractivity contribution < 1.29 is 9.18 Å². The zero-order valence-corrected chi connectivity index (χ0v) is 10.9. The van der Waals surface area contributed by atoms with Crippen LogP contribution < -0.4 is 10.9 Å². The highest BCUT2D eigenvalue weighted by Crippen LogP contribution is 2.07. The van der Waals surface area contributed by atoms with Crippen molar-refractivity contribution in [3.63, 3.8) is 0 Å². The molecule has 102 valence electrons. The summed E-state index contributed by atoms with van der Waals surface area (Å²) in [7, 11) is 0. The molecule has 4 nitrogen and oxygen atoms in total. The van der Waals surface area contributed by atoms with Gasteiger partial charge in [-0.25, -0.2) is 4.39 Å². The molecule has 1 aromatic carbocycles. The lowest BCUT2D eigenvalue weighted by Gasteiger charge is -2.25. The van der Waals surface area contributed by atoms with E-state index in [0.717, 1.165) is 31.8 Å². The fraction of sp³-hybridized carbons (Fsp3) is 0.357. The third kappa shape index (κ3) is 3.79. The highest BCUT2D eigenvalue weighted by Gasteiger charge is 2.10. The number of rotatable bonds is 4. The van der Waals surface area contributed by atoms with Gasteiger partial charge in [-0.3, -0.25) is 15.1 Å². The van der Waals surface area contributed by atoms with Gasteiger partial charge in [-0.2, -0.15) is 0 Å². The molecule has 1 aromatic rings. The quantitative estimate of drug-likeness (QED) is 0.812. The second-order valence-corrected chi connectivity index (χ2v) is 4.46. The number of hydrogen-bond acceptors (Lipinski definition) is 3. The minimum absolute atomic E-state index is 0.265. The lowest BCUT2D eigenvalue weighted by molar-refractivity contribution is 0.0937. The molecule has 0 atom stereocenters. The zero-order valence-electron chi connectivity index (χ0n) is 10.9. The minimum atomic E-state index is -0.348. The van der Waals surface area contributed by atoms with E-state index in [0.29, 0.717) is 5.56 Å². The molecule has 2 rings (SSSR count). The van der Waals surface area contributed by atoms with Crippen LogP contribution >= 0.6 is 0 Å². The molecule has 19 heavy (non-hydrogen) atoms. The van der Waals surface area contributed by atoms with E-state index in [1.807, 2.05) is 0 Å². The van der Waals surface area contributed by atoms with Gasteiger partial charge in [0.05, 0.1) is 0 Å². The van der Waals surface area contributed by atoms with E-state index in [4.69, 9.17) is 0 Å². The van der Waals surface area contributed by atoms with Gasteiger partial charge in [-0.15, -0.1) is 0 Å². The van der Waals surface area contributed by atoms with Crippen molar-refractivity contribution in [3.05, 3.63) is 47.4 Å².